The molecule has 0 bridgehead atoms. The smallest absolute Gasteiger partial charge is 0.278 e. The van der Waals surface area contributed by atoms with Crippen molar-refractivity contribution >= 4 is 33.6 Å². The number of carbonyl (C=O) groups excluding carboxylic acids is 1. The molecule has 0 N–H and O–H groups in total. The van der Waals surface area contributed by atoms with Gasteiger partial charge >= 0.3 is 0 Å². The molecule has 3 aromatic rings. The third kappa shape index (κ3) is 3.26. The van der Waals surface area contributed by atoms with Crippen molar-refractivity contribution in [1.29, 1.82) is 0 Å². The van der Waals surface area contributed by atoms with Crippen molar-refractivity contribution in [2.45, 2.75) is 6.92 Å². The molecule has 0 saturated carbocycles. The number of pyridine rings is 1. The molecule has 0 aliphatic carbocycles. The van der Waals surface area contributed by atoms with Crippen molar-refractivity contribution in [2.24, 2.45) is 0 Å². The molecule has 1 saturated heterocycles. The van der Waals surface area contributed by atoms with Crippen LogP contribution >= 0.6 is 0 Å². The minimum absolute atomic E-state index is 0.0657. The maximum absolute atomic E-state index is 11.4. The number of ketones is 1. The standard InChI is InChI=1S/C21H20N4O3/c1-15(26)16-2-4-17(5-3-16)23-10-12-24(13-11-23)20-6-7-21(25(27)28)19-14-22-9-8-18(19)20/h2-9,14H,10-13H2,1H3. The molecule has 2 aromatic carbocycles. The number of benzene rings is 2. The highest BCUT2D eigenvalue weighted by Gasteiger charge is 2.22. The number of anilines is 2. The van der Waals surface area contributed by atoms with E-state index < -0.39 is 0 Å². The van der Waals surface area contributed by atoms with Gasteiger partial charge in [-0.15, -0.1) is 0 Å². The summed E-state index contributed by atoms with van der Waals surface area (Å²) >= 11 is 0. The van der Waals surface area contributed by atoms with Gasteiger partial charge in [0.1, 0.15) is 0 Å². The van der Waals surface area contributed by atoms with Gasteiger partial charge in [0.05, 0.1) is 10.3 Å². The summed E-state index contributed by atoms with van der Waals surface area (Å²) in [7, 11) is 0. The fraction of sp³-hybridized carbons (Fsp3) is 0.238. The average Bonchev–Trinajstić information content (AvgIpc) is 2.73. The monoisotopic (exact) mass is 376 g/mol. The van der Waals surface area contributed by atoms with Gasteiger partial charge in [0.25, 0.3) is 5.69 Å². The molecule has 1 aromatic heterocycles. The summed E-state index contributed by atoms with van der Waals surface area (Å²) in [6.45, 7) is 4.86. The molecule has 142 valence electrons. The Bertz CT molecular complexity index is 1040. The first-order chi connectivity index (χ1) is 13.5. The predicted molar refractivity (Wildman–Crippen MR) is 109 cm³/mol. The summed E-state index contributed by atoms with van der Waals surface area (Å²) in [5.41, 5.74) is 2.89. The topological polar surface area (TPSA) is 79.6 Å². The second kappa shape index (κ2) is 7.26. The third-order valence-electron chi connectivity index (χ3n) is 5.23. The second-order valence-electron chi connectivity index (χ2n) is 6.86. The molecular formula is C21H20N4O3. The van der Waals surface area contributed by atoms with Crippen LogP contribution in [0.5, 0.6) is 0 Å². The Morgan fingerprint density at radius 1 is 0.964 bits per heavy atom. The zero-order chi connectivity index (χ0) is 19.7. The van der Waals surface area contributed by atoms with Crippen molar-refractivity contribution in [3.63, 3.8) is 0 Å². The minimum atomic E-state index is -0.365. The number of non-ortho nitro benzene ring substituents is 1. The van der Waals surface area contributed by atoms with Gasteiger partial charge in [0.2, 0.25) is 0 Å². The van der Waals surface area contributed by atoms with Crippen molar-refractivity contribution in [3.8, 4) is 0 Å². The summed E-state index contributed by atoms with van der Waals surface area (Å²) in [5, 5.41) is 12.7. The van der Waals surface area contributed by atoms with Crippen molar-refractivity contribution < 1.29 is 9.72 Å². The van der Waals surface area contributed by atoms with Gasteiger partial charge in [-0.25, -0.2) is 0 Å². The molecule has 0 amide bonds. The van der Waals surface area contributed by atoms with Crippen LogP contribution in [0.2, 0.25) is 0 Å². The van der Waals surface area contributed by atoms with Crippen molar-refractivity contribution in [2.75, 3.05) is 36.0 Å². The SMILES string of the molecule is CC(=O)c1ccc(N2CCN(c3ccc([N+](=O)[O-])c4cnccc34)CC2)cc1. The number of rotatable bonds is 4. The number of hydrogen-bond donors (Lipinski definition) is 0. The van der Waals surface area contributed by atoms with E-state index in [1.54, 1.807) is 25.4 Å². The fourth-order valence-corrected chi connectivity index (χ4v) is 3.71. The zero-order valence-corrected chi connectivity index (χ0v) is 15.5. The lowest BCUT2D eigenvalue weighted by atomic mass is 10.1. The highest BCUT2D eigenvalue weighted by Crippen LogP contribution is 2.33. The van der Waals surface area contributed by atoms with E-state index in [-0.39, 0.29) is 16.4 Å². The molecular weight excluding hydrogens is 356 g/mol. The van der Waals surface area contributed by atoms with Gasteiger partial charge in [0.15, 0.2) is 5.78 Å². The van der Waals surface area contributed by atoms with Gasteiger partial charge in [0, 0.05) is 67.0 Å². The normalized spacial score (nSPS) is 14.3. The Balaban J connectivity index is 1.55. The van der Waals surface area contributed by atoms with Gasteiger partial charge in [-0.3, -0.25) is 19.9 Å². The highest BCUT2D eigenvalue weighted by molar-refractivity contribution is 5.99. The molecule has 4 rings (SSSR count). The maximum atomic E-state index is 11.4. The van der Waals surface area contributed by atoms with Crippen LogP contribution in [0, 0.1) is 10.1 Å². The van der Waals surface area contributed by atoms with E-state index in [9.17, 15) is 14.9 Å². The first-order valence-corrected chi connectivity index (χ1v) is 9.16. The van der Waals surface area contributed by atoms with E-state index in [0.29, 0.717) is 10.9 Å². The van der Waals surface area contributed by atoms with Gasteiger partial charge in [-0.1, -0.05) is 0 Å². The number of nitrogens with zero attached hydrogens (tertiary/aromatic N) is 4. The van der Waals surface area contributed by atoms with Gasteiger partial charge < -0.3 is 9.80 Å². The summed E-state index contributed by atoms with van der Waals surface area (Å²) < 4.78 is 0. The number of nitro benzene ring substituents is 1. The van der Waals surface area contributed by atoms with Crippen LogP contribution in [0.1, 0.15) is 17.3 Å². The number of fused-ring (bicyclic) bond motifs is 1. The quantitative estimate of drug-likeness (QED) is 0.393. The lowest BCUT2D eigenvalue weighted by molar-refractivity contribution is -0.383. The molecule has 28 heavy (non-hydrogen) atoms. The Morgan fingerprint density at radius 2 is 1.64 bits per heavy atom. The van der Waals surface area contributed by atoms with Crippen LogP contribution in [-0.2, 0) is 0 Å². The predicted octanol–water partition coefficient (Wildman–Crippen LogP) is 3.67. The number of hydrogen-bond acceptors (Lipinski definition) is 6. The van der Waals surface area contributed by atoms with E-state index in [1.807, 2.05) is 36.4 Å². The van der Waals surface area contributed by atoms with E-state index >= 15 is 0 Å². The molecule has 1 aliphatic heterocycles. The van der Waals surface area contributed by atoms with E-state index in [4.69, 9.17) is 0 Å². The summed E-state index contributed by atoms with van der Waals surface area (Å²) in [5.74, 6) is 0.0657. The summed E-state index contributed by atoms with van der Waals surface area (Å²) in [6, 6.07) is 12.9. The first kappa shape index (κ1) is 17.9. The largest absolute Gasteiger partial charge is 0.368 e. The minimum Gasteiger partial charge on any atom is -0.368 e. The molecule has 1 fully saturated rings. The van der Waals surface area contributed by atoms with Crippen LogP contribution in [-0.4, -0.2) is 41.9 Å². The number of Topliss-reactive ketones (excluding diaryl/α,β-unsaturated/α-hetero) is 1. The molecule has 0 spiro atoms. The van der Waals surface area contributed by atoms with Gasteiger partial charge in [-0.2, -0.15) is 0 Å². The lowest BCUT2D eigenvalue weighted by Gasteiger charge is -2.37. The Labute approximate surface area is 162 Å². The van der Waals surface area contributed by atoms with Crippen LogP contribution in [0.25, 0.3) is 10.8 Å². The van der Waals surface area contributed by atoms with Crippen LogP contribution < -0.4 is 9.80 Å². The number of nitro groups is 1. The van der Waals surface area contributed by atoms with E-state index in [2.05, 4.69) is 14.8 Å². The van der Waals surface area contributed by atoms with E-state index in [1.165, 1.54) is 0 Å². The zero-order valence-electron chi connectivity index (χ0n) is 15.5. The lowest BCUT2D eigenvalue weighted by Crippen LogP contribution is -2.46. The molecule has 1 aliphatic rings. The second-order valence-corrected chi connectivity index (χ2v) is 6.86. The average molecular weight is 376 g/mol. The number of carbonyl (C=O) groups is 1. The fourth-order valence-electron chi connectivity index (χ4n) is 3.71. The Hall–Kier alpha value is -3.48. The Kier molecular flexibility index (Phi) is 4.65. The summed E-state index contributed by atoms with van der Waals surface area (Å²) in [4.78, 5) is 31.0. The Morgan fingerprint density at radius 3 is 2.29 bits per heavy atom. The molecule has 0 radical (unpaired) electrons. The number of piperazine rings is 1. The number of aromatic nitrogens is 1. The van der Waals surface area contributed by atoms with Crippen molar-refractivity contribution in [1.82, 2.24) is 4.98 Å². The maximum Gasteiger partial charge on any atom is 0.278 e. The van der Waals surface area contributed by atoms with Crippen LogP contribution in [0.3, 0.4) is 0 Å². The third-order valence-corrected chi connectivity index (χ3v) is 5.23. The molecule has 7 heteroatoms. The van der Waals surface area contributed by atoms with E-state index in [0.717, 1.165) is 42.9 Å². The molecule has 7 nitrogen and oxygen atoms in total. The van der Waals surface area contributed by atoms with Crippen molar-refractivity contribution in [3.05, 3.63) is 70.5 Å². The summed E-state index contributed by atoms with van der Waals surface area (Å²) in [6.07, 6.45) is 3.23. The first-order valence-electron chi connectivity index (χ1n) is 9.16. The van der Waals surface area contributed by atoms with Gasteiger partial charge in [-0.05, 0) is 43.3 Å². The van der Waals surface area contributed by atoms with Crippen LogP contribution in [0.4, 0.5) is 17.1 Å². The highest BCUT2D eigenvalue weighted by atomic mass is 16.6. The molecule has 0 atom stereocenters. The van der Waals surface area contributed by atoms with Crippen LogP contribution in [0.15, 0.2) is 54.9 Å². The molecule has 2 heterocycles. The molecule has 0 unspecified atom stereocenters.